The molecule has 0 spiro atoms. The van der Waals surface area contributed by atoms with Crippen molar-refractivity contribution in [3.8, 4) is 0 Å². The molecule has 2 heterocycles. The van der Waals surface area contributed by atoms with Gasteiger partial charge in [0.25, 0.3) is 0 Å². The predicted molar refractivity (Wildman–Crippen MR) is 76.3 cm³/mol. The Bertz CT molecular complexity index is 548. The van der Waals surface area contributed by atoms with Crippen molar-refractivity contribution in [2.24, 2.45) is 5.41 Å². The summed E-state index contributed by atoms with van der Waals surface area (Å²) in [6, 6.07) is 0. The molecule has 112 valence electrons. The van der Waals surface area contributed by atoms with E-state index >= 15 is 0 Å². The first-order valence-electron chi connectivity index (χ1n) is 6.86. The third-order valence-corrected chi connectivity index (χ3v) is 3.50. The molecule has 1 aliphatic heterocycles. The molecule has 1 aromatic heterocycles. The van der Waals surface area contributed by atoms with Crippen LogP contribution in [0.4, 0.5) is 5.82 Å². The summed E-state index contributed by atoms with van der Waals surface area (Å²) >= 11 is 0. The van der Waals surface area contributed by atoms with Gasteiger partial charge in [-0.15, -0.1) is 0 Å². The van der Waals surface area contributed by atoms with Crippen LogP contribution in [0, 0.1) is 12.3 Å². The lowest BCUT2D eigenvalue weighted by Crippen LogP contribution is -2.29. The van der Waals surface area contributed by atoms with Gasteiger partial charge in [0.1, 0.15) is 12.0 Å². The molecule has 6 nitrogen and oxygen atoms in total. The Morgan fingerprint density at radius 1 is 1.55 bits per heavy atom. The predicted octanol–water partition coefficient (Wildman–Crippen LogP) is 1.22. The van der Waals surface area contributed by atoms with Crippen molar-refractivity contribution in [2.45, 2.75) is 59.0 Å². The number of anilines is 1. The van der Waals surface area contributed by atoms with Gasteiger partial charge in [-0.1, -0.05) is 20.8 Å². The fraction of sp³-hybridized carbons (Fsp3) is 0.714. The zero-order valence-electron chi connectivity index (χ0n) is 12.5. The van der Waals surface area contributed by atoms with Crippen molar-refractivity contribution in [1.29, 1.82) is 0 Å². The van der Waals surface area contributed by atoms with Crippen LogP contribution in [0.15, 0.2) is 11.0 Å². The summed E-state index contributed by atoms with van der Waals surface area (Å²) in [5.74, 6) is 0.232. The molecule has 3 atom stereocenters. The molecular formula is C14H23N3O3. The number of aromatic nitrogens is 2. The van der Waals surface area contributed by atoms with Crippen LogP contribution in [-0.4, -0.2) is 26.9 Å². The lowest BCUT2D eigenvalue weighted by atomic mass is 9.87. The molecule has 3 N–H and O–H groups in total. The van der Waals surface area contributed by atoms with Gasteiger partial charge in [0, 0.05) is 18.2 Å². The molecule has 0 radical (unpaired) electrons. The molecule has 1 saturated heterocycles. The number of rotatable bonds is 2. The molecule has 0 aliphatic carbocycles. The first-order valence-corrected chi connectivity index (χ1v) is 6.86. The smallest absolute Gasteiger partial charge is 0.351 e. The molecular weight excluding hydrogens is 258 g/mol. The van der Waals surface area contributed by atoms with E-state index in [2.05, 4.69) is 25.8 Å². The third-order valence-electron chi connectivity index (χ3n) is 3.50. The maximum absolute atomic E-state index is 11.9. The van der Waals surface area contributed by atoms with E-state index in [-0.39, 0.29) is 17.3 Å². The number of nitrogens with two attached hydrogens (primary N) is 1. The number of hydrogen-bond donors (Lipinski definition) is 2. The van der Waals surface area contributed by atoms with E-state index < -0.39 is 18.0 Å². The number of aryl methyl sites for hydroxylation is 1. The Labute approximate surface area is 118 Å². The molecule has 2 rings (SSSR count). The number of ether oxygens (including phenoxy) is 1. The first kappa shape index (κ1) is 15.0. The highest BCUT2D eigenvalue weighted by Gasteiger charge is 2.37. The van der Waals surface area contributed by atoms with Crippen LogP contribution in [0.5, 0.6) is 0 Å². The number of aliphatic hydroxyl groups excluding tert-OH is 1. The minimum absolute atomic E-state index is 0.0563. The van der Waals surface area contributed by atoms with Crippen molar-refractivity contribution in [3.63, 3.8) is 0 Å². The van der Waals surface area contributed by atoms with Crippen LogP contribution in [-0.2, 0) is 4.74 Å². The second kappa shape index (κ2) is 5.18. The molecule has 0 unspecified atom stereocenters. The molecule has 0 bridgehead atoms. The SMILES string of the molecule is Cc1cn([C@H]2C[C@@H](O)[C@@H](CC(C)(C)C)O2)c(=O)nc1N. The lowest BCUT2D eigenvalue weighted by molar-refractivity contribution is -0.0383. The Kier molecular flexibility index (Phi) is 3.88. The fourth-order valence-corrected chi connectivity index (χ4v) is 2.46. The molecule has 0 aromatic carbocycles. The van der Waals surface area contributed by atoms with E-state index in [0.717, 1.165) is 12.0 Å². The van der Waals surface area contributed by atoms with Crippen LogP contribution < -0.4 is 11.4 Å². The maximum Gasteiger partial charge on any atom is 0.351 e. The highest BCUT2D eigenvalue weighted by Crippen LogP contribution is 2.34. The summed E-state index contributed by atoms with van der Waals surface area (Å²) in [6.07, 6.45) is 1.47. The summed E-state index contributed by atoms with van der Waals surface area (Å²) in [5.41, 5.74) is 5.95. The maximum atomic E-state index is 11.9. The fourth-order valence-electron chi connectivity index (χ4n) is 2.46. The Morgan fingerprint density at radius 3 is 2.80 bits per heavy atom. The van der Waals surface area contributed by atoms with Crippen molar-refractivity contribution in [3.05, 3.63) is 22.2 Å². The zero-order valence-corrected chi connectivity index (χ0v) is 12.5. The van der Waals surface area contributed by atoms with E-state index in [0.29, 0.717) is 6.42 Å². The Balaban J connectivity index is 2.20. The first-order chi connectivity index (χ1) is 9.17. The molecule has 1 fully saturated rings. The Morgan fingerprint density at radius 2 is 2.20 bits per heavy atom. The molecule has 0 amide bonds. The summed E-state index contributed by atoms with van der Waals surface area (Å²) in [4.78, 5) is 15.7. The van der Waals surface area contributed by atoms with E-state index in [4.69, 9.17) is 10.5 Å². The van der Waals surface area contributed by atoms with Crippen LogP contribution in [0.3, 0.4) is 0 Å². The van der Waals surface area contributed by atoms with Gasteiger partial charge in [0.2, 0.25) is 0 Å². The Hall–Kier alpha value is -1.40. The number of aliphatic hydroxyl groups is 1. The zero-order chi connectivity index (χ0) is 15.1. The summed E-state index contributed by atoms with van der Waals surface area (Å²) in [5, 5.41) is 10.1. The average molecular weight is 281 g/mol. The second-order valence-electron chi connectivity index (χ2n) is 6.70. The van der Waals surface area contributed by atoms with Crippen molar-refractivity contribution >= 4 is 5.82 Å². The topological polar surface area (TPSA) is 90.4 Å². The minimum atomic E-state index is -0.566. The van der Waals surface area contributed by atoms with Gasteiger partial charge in [0.15, 0.2) is 0 Å². The molecule has 0 saturated carbocycles. The second-order valence-corrected chi connectivity index (χ2v) is 6.70. The van der Waals surface area contributed by atoms with Gasteiger partial charge in [-0.05, 0) is 18.8 Å². The molecule has 1 aromatic rings. The van der Waals surface area contributed by atoms with Gasteiger partial charge >= 0.3 is 5.69 Å². The van der Waals surface area contributed by atoms with Crippen LogP contribution in [0.2, 0.25) is 0 Å². The third kappa shape index (κ3) is 3.19. The van der Waals surface area contributed by atoms with Gasteiger partial charge in [-0.3, -0.25) is 4.57 Å². The molecule has 20 heavy (non-hydrogen) atoms. The van der Waals surface area contributed by atoms with Crippen LogP contribution in [0.1, 0.15) is 45.4 Å². The van der Waals surface area contributed by atoms with Crippen molar-refractivity contribution in [2.75, 3.05) is 5.73 Å². The quantitative estimate of drug-likeness (QED) is 0.850. The van der Waals surface area contributed by atoms with Crippen LogP contribution in [0.25, 0.3) is 0 Å². The van der Waals surface area contributed by atoms with Crippen molar-refractivity contribution in [1.82, 2.24) is 9.55 Å². The van der Waals surface area contributed by atoms with E-state index in [1.165, 1.54) is 4.57 Å². The number of nitrogens with zero attached hydrogens (tertiary/aromatic N) is 2. The molecule has 1 aliphatic rings. The normalized spacial score (nSPS) is 26.9. The average Bonchev–Trinajstić information content (AvgIpc) is 2.63. The van der Waals surface area contributed by atoms with Gasteiger partial charge in [-0.25, -0.2) is 4.79 Å². The standard InChI is InChI=1S/C14H23N3O3/c1-8-7-17(13(19)16-12(8)15)11-5-9(18)10(20-11)6-14(2,3)4/h7,9-11,18H,5-6H2,1-4H3,(H2,15,16,19)/t9-,10-,11-/m1/s1. The minimum Gasteiger partial charge on any atom is -0.390 e. The van der Waals surface area contributed by atoms with E-state index in [9.17, 15) is 9.90 Å². The lowest BCUT2D eigenvalue weighted by Gasteiger charge is -2.24. The number of hydrogen-bond acceptors (Lipinski definition) is 5. The summed E-state index contributed by atoms with van der Waals surface area (Å²) < 4.78 is 7.26. The summed E-state index contributed by atoms with van der Waals surface area (Å²) in [7, 11) is 0. The highest BCUT2D eigenvalue weighted by atomic mass is 16.5. The van der Waals surface area contributed by atoms with Gasteiger partial charge in [0.05, 0.1) is 12.2 Å². The largest absolute Gasteiger partial charge is 0.390 e. The monoisotopic (exact) mass is 281 g/mol. The molecule has 6 heteroatoms. The van der Waals surface area contributed by atoms with Crippen LogP contribution >= 0.6 is 0 Å². The van der Waals surface area contributed by atoms with Crippen molar-refractivity contribution < 1.29 is 9.84 Å². The van der Waals surface area contributed by atoms with Gasteiger partial charge in [-0.2, -0.15) is 4.98 Å². The number of nitrogen functional groups attached to an aromatic ring is 1. The highest BCUT2D eigenvalue weighted by molar-refractivity contribution is 5.35. The van der Waals surface area contributed by atoms with E-state index in [1.807, 2.05) is 0 Å². The summed E-state index contributed by atoms with van der Waals surface area (Å²) in [6.45, 7) is 8.07. The van der Waals surface area contributed by atoms with E-state index in [1.54, 1.807) is 13.1 Å². The van der Waals surface area contributed by atoms with Gasteiger partial charge < -0.3 is 15.6 Å².